The molecule has 0 saturated heterocycles. The largest absolute Gasteiger partial charge is 0.496 e. The van der Waals surface area contributed by atoms with Crippen molar-refractivity contribution in [3.63, 3.8) is 0 Å². The number of carbonyl (C=O) groups is 1. The van der Waals surface area contributed by atoms with Gasteiger partial charge < -0.3 is 9.47 Å². The van der Waals surface area contributed by atoms with Crippen LogP contribution in [0.2, 0.25) is 0 Å². The monoisotopic (exact) mass is 256 g/mol. The van der Waals surface area contributed by atoms with E-state index in [1.54, 1.807) is 13.2 Å². The normalized spacial score (nSPS) is 16.9. The molecule has 0 radical (unpaired) electrons. The van der Waals surface area contributed by atoms with Crippen LogP contribution in [0.25, 0.3) is 10.8 Å². The van der Waals surface area contributed by atoms with Crippen LogP contribution in [-0.4, -0.2) is 18.5 Å². The standard InChI is InChI=1S/C16H16O3/c1-16(2)9-13(17)12-8-14(18-3)10-6-4-5-7-11(10)15(12)19-16/h4-8H,9H2,1-3H3. The minimum Gasteiger partial charge on any atom is -0.496 e. The highest BCUT2D eigenvalue weighted by Crippen LogP contribution is 2.42. The van der Waals surface area contributed by atoms with Gasteiger partial charge in [0.2, 0.25) is 0 Å². The van der Waals surface area contributed by atoms with E-state index in [4.69, 9.17) is 9.47 Å². The molecule has 19 heavy (non-hydrogen) atoms. The Balaban J connectivity index is 2.36. The van der Waals surface area contributed by atoms with E-state index in [1.165, 1.54) is 0 Å². The third kappa shape index (κ3) is 1.86. The molecule has 1 aliphatic heterocycles. The Kier molecular flexibility index (Phi) is 2.52. The summed E-state index contributed by atoms with van der Waals surface area (Å²) in [4.78, 5) is 12.3. The fraction of sp³-hybridized carbons (Fsp3) is 0.312. The van der Waals surface area contributed by atoms with Crippen molar-refractivity contribution in [2.45, 2.75) is 25.9 Å². The SMILES string of the molecule is COc1cc2c(c3ccccc13)OC(C)(C)CC2=O. The van der Waals surface area contributed by atoms with E-state index in [0.29, 0.717) is 23.5 Å². The molecular weight excluding hydrogens is 240 g/mol. The van der Waals surface area contributed by atoms with Crippen molar-refractivity contribution in [3.05, 3.63) is 35.9 Å². The first-order valence-corrected chi connectivity index (χ1v) is 6.34. The van der Waals surface area contributed by atoms with Crippen molar-refractivity contribution in [2.24, 2.45) is 0 Å². The van der Waals surface area contributed by atoms with Gasteiger partial charge in [0.1, 0.15) is 17.1 Å². The summed E-state index contributed by atoms with van der Waals surface area (Å²) in [6.07, 6.45) is 0.390. The quantitative estimate of drug-likeness (QED) is 0.782. The lowest BCUT2D eigenvalue weighted by Crippen LogP contribution is -2.36. The fourth-order valence-corrected chi connectivity index (χ4v) is 2.60. The third-order valence-corrected chi connectivity index (χ3v) is 3.44. The van der Waals surface area contributed by atoms with E-state index >= 15 is 0 Å². The first-order chi connectivity index (χ1) is 9.02. The van der Waals surface area contributed by atoms with Crippen LogP contribution < -0.4 is 9.47 Å². The van der Waals surface area contributed by atoms with Gasteiger partial charge in [0.05, 0.1) is 19.1 Å². The van der Waals surface area contributed by atoms with E-state index in [2.05, 4.69) is 0 Å². The molecule has 0 aliphatic carbocycles. The zero-order valence-corrected chi connectivity index (χ0v) is 11.3. The lowest BCUT2D eigenvalue weighted by Gasteiger charge is -2.32. The number of ether oxygens (including phenoxy) is 2. The maximum Gasteiger partial charge on any atom is 0.170 e. The molecular formula is C16H16O3. The summed E-state index contributed by atoms with van der Waals surface area (Å²) in [5.41, 5.74) is 0.163. The molecule has 1 heterocycles. The van der Waals surface area contributed by atoms with Crippen LogP contribution in [0.15, 0.2) is 30.3 Å². The molecule has 2 aromatic rings. The Morgan fingerprint density at radius 3 is 2.58 bits per heavy atom. The van der Waals surface area contributed by atoms with Gasteiger partial charge in [-0.3, -0.25) is 4.79 Å². The summed E-state index contributed by atoms with van der Waals surface area (Å²) in [5, 5.41) is 1.90. The van der Waals surface area contributed by atoms with Gasteiger partial charge in [-0.2, -0.15) is 0 Å². The minimum absolute atomic E-state index is 0.107. The minimum atomic E-state index is -0.457. The molecule has 0 N–H and O–H groups in total. The van der Waals surface area contributed by atoms with Crippen molar-refractivity contribution in [2.75, 3.05) is 7.11 Å². The smallest absolute Gasteiger partial charge is 0.170 e. The number of hydrogen-bond acceptors (Lipinski definition) is 3. The van der Waals surface area contributed by atoms with Gasteiger partial charge in [0.25, 0.3) is 0 Å². The highest BCUT2D eigenvalue weighted by atomic mass is 16.5. The van der Waals surface area contributed by atoms with Crippen molar-refractivity contribution in [3.8, 4) is 11.5 Å². The average Bonchev–Trinajstić information content (AvgIpc) is 2.37. The molecule has 2 aromatic carbocycles. The first-order valence-electron chi connectivity index (χ1n) is 6.34. The molecule has 0 aromatic heterocycles. The van der Waals surface area contributed by atoms with Gasteiger partial charge in [0.15, 0.2) is 5.78 Å². The summed E-state index contributed by atoms with van der Waals surface area (Å²) in [6.45, 7) is 3.87. The van der Waals surface area contributed by atoms with E-state index in [-0.39, 0.29) is 5.78 Å². The predicted molar refractivity (Wildman–Crippen MR) is 74.2 cm³/mol. The number of benzene rings is 2. The maximum atomic E-state index is 12.3. The summed E-state index contributed by atoms with van der Waals surface area (Å²) >= 11 is 0. The number of rotatable bonds is 1. The molecule has 0 bridgehead atoms. The second-order valence-corrected chi connectivity index (χ2v) is 5.46. The molecule has 0 atom stereocenters. The van der Waals surface area contributed by atoms with Gasteiger partial charge in [-0.1, -0.05) is 24.3 Å². The van der Waals surface area contributed by atoms with Crippen molar-refractivity contribution in [1.82, 2.24) is 0 Å². The predicted octanol–water partition coefficient (Wildman–Crippen LogP) is 3.59. The Morgan fingerprint density at radius 1 is 1.21 bits per heavy atom. The van der Waals surface area contributed by atoms with Crippen LogP contribution in [0.1, 0.15) is 30.6 Å². The van der Waals surface area contributed by atoms with Gasteiger partial charge in [-0.05, 0) is 19.9 Å². The average molecular weight is 256 g/mol. The zero-order valence-electron chi connectivity index (χ0n) is 11.3. The van der Waals surface area contributed by atoms with E-state index in [1.807, 2.05) is 38.1 Å². The summed E-state index contributed by atoms with van der Waals surface area (Å²) in [5.74, 6) is 1.50. The number of methoxy groups -OCH3 is 1. The van der Waals surface area contributed by atoms with E-state index in [9.17, 15) is 4.79 Å². The van der Waals surface area contributed by atoms with Gasteiger partial charge in [-0.25, -0.2) is 0 Å². The van der Waals surface area contributed by atoms with Crippen LogP contribution in [0.3, 0.4) is 0 Å². The zero-order chi connectivity index (χ0) is 13.6. The number of ketones is 1. The Bertz CT molecular complexity index is 671. The van der Waals surface area contributed by atoms with Crippen molar-refractivity contribution < 1.29 is 14.3 Å². The van der Waals surface area contributed by atoms with Gasteiger partial charge in [0, 0.05) is 10.8 Å². The molecule has 1 aliphatic rings. The molecule has 3 nitrogen and oxygen atoms in total. The molecule has 0 fully saturated rings. The van der Waals surface area contributed by atoms with Gasteiger partial charge in [-0.15, -0.1) is 0 Å². The Labute approximate surface area is 112 Å². The Morgan fingerprint density at radius 2 is 1.89 bits per heavy atom. The lowest BCUT2D eigenvalue weighted by molar-refractivity contribution is 0.0629. The number of hydrogen-bond donors (Lipinski definition) is 0. The highest BCUT2D eigenvalue weighted by Gasteiger charge is 2.34. The fourth-order valence-electron chi connectivity index (χ4n) is 2.60. The van der Waals surface area contributed by atoms with Crippen LogP contribution in [0.5, 0.6) is 11.5 Å². The summed E-state index contributed by atoms with van der Waals surface area (Å²) in [7, 11) is 1.62. The Hall–Kier alpha value is -2.03. The van der Waals surface area contributed by atoms with Crippen LogP contribution in [-0.2, 0) is 0 Å². The summed E-state index contributed by atoms with van der Waals surface area (Å²) in [6, 6.07) is 9.62. The van der Waals surface area contributed by atoms with Crippen molar-refractivity contribution in [1.29, 1.82) is 0 Å². The van der Waals surface area contributed by atoms with Crippen LogP contribution in [0, 0.1) is 0 Å². The van der Waals surface area contributed by atoms with Crippen LogP contribution in [0.4, 0.5) is 0 Å². The topological polar surface area (TPSA) is 35.5 Å². The molecule has 3 rings (SSSR count). The highest BCUT2D eigenvalue weighted by molar-refractivity contribution is 6.08. The molecule has 98 valence electrons. The second-order valence-electron chi connectivity index (χ2n) is 5.46. The number of carbonyl (C=O) groups excluding carboxylic acids is 1. The molecule has 0 spiro atoms. The summed E-state index contributed by atoms with van der Waals surface area (Å²) < 4.78 is 11.4. The third-order valence-electron chi connectivity index (χ3n) is 3.44. The maximum absolute atomic E-state index is 12.3. The molecule has 0 amide bonds. The molecule has 0 unspecified atom stereocenters. The van der Waals surface area contributed by atoms with Crippen LogP contribution >= 0.6 is 0 Å². The number of fused-ring (bicyclic) bond motifs is 3. The first kappa shape index (κ1) is 12.0. The molecule has 3 heteroatoms. The van der Waals surface area contributed by atoms with E-state index < -0.39 is 5.60 Å². The number of Topliss-reactive ketones (excluding diaryl/α,β-unsaturated/α-hetero) is 1. The van der Waals surface area contributed by atoms with Crippen molar-refractivity contribution >= 4 is 16.6 Å². The van der Waals surface area contributed by atoms with Gasteiger partial charge >= 0.3 is 0 Å². The molecule has 0 saturated carbocycles. The van der Waals surface area contributed by atoms with E-state index in [0.717, 1.165) is 10.8 Å². The second kappa shape index (κ2) is 3.98. The lowest BCUT2D eigenvalue weighted by atomic mass is 9.91.